The Bertz CT molecular complexity index is 2520. The Morgan fingerprint density at radius 1 is 0.813 bits per heavy atom. The molecule has 516 valence electrons. The molecule has 4 aliphatic heterocycles. The predicted molar refractivity (Wildman–Crippen MR) is 375 cm³/mol. The second-order valence-corrected chi connectivity index (χ2v) is 30.5. The first kappa shape index (κ1) is 74.8. The second-order valence-electron chi connectivity index (χ2n) is 30.1. The molecule has 2 saturated carbocycles. The minimum atomic E-state index is -4.51. The molecule has 13 nitrogen and oxygen atoms in total. The summed E-state index contributed by atoms with van der Waals surface area (Å²) in [6, 6.07) is 5.94. The third-order valence-electron chi connectivity index (χ3n) is 21.7. The molecule has 7 rings (SSSR count). The molecule has 1 amide bonds. The van der Waals surface area contributed by atoms with E-state index < -0.39 is 11.7 Å². The average molecular weight is 1290 g/mol. The van der Waals surface area contributed by atoms with Crippen LogP contribution >= 0.6 is 11.6 Å². The lowest BCUT2D eigenvalue weighted by atomic mass is 9.74. The highest BCUT2D eigenvalue weighted by Gasteiger charge is 2.55. The summed E-state index contributed by atoms with van der Waals surface area (Å²) in [4.78, 5) is 32.0. The molecule has 5 fully saturated rings. The van der Waals surface area contributed by atoms with Crippen molar-refractivity contribution in [2.75, 3.05) is 66.5 Å². The van der Waals surface area contributed by atoms with Crippen molar-refractivity contribution in [1.82, 2.24) is 56.4 Å². The molecule has 5 unspecified atom stereocenters. The van der Waals surface area contributed by atoms with E-state index in [-0.39, 0.29) is 64.8 Å². The first-order valence-electron chi connectivity index (χ1n) is 36.3. The van der Waals surface area contributed by atoms with Crippen molar-refractivity contribution in [2.24, 2.45) is 40.5 Å². The van der Waals surface area contributed by atoms with E-state index in [1.54, 1.807) is 0 Å². The Kier molecular flexibility index (Phi) is 29.5. The number of benzene rings is 1. The number of halogens is 4. The summed E-state index contributed by atoms with van der Waals surface area (Å²) in [5.74, 6) is 2.69. The number of carbonyl (C=O) groups excluding carboxylic acids is 1. The Labute approximate surface area is 555 Å². The Morgan fingerprint density at radius 2 is 1.52 bits per heavy atom. The summed E-state index contributed by atoms with van der Waals surface area (Å²) >= 11 is 6.22. The zero-order chi connectivity index (χ0) is 66.0. The molecular weight excluding hydrogens is 1170 g/mol. The summed E-state index contributed by atoms with van der Waals surface area (Å²) in [6.07, 6.45) is 28.8. The van der Waals surface area contributed by atoms with Crippen LogP contribution in [-0.4, -0.2) is 163 Å². The molecule has 1 aromatic rings. The van der Waals surface area contributed by atoms with Gasteiger partial charge in [-0.25, -0.2) is 0 Å². The first-order chi connectivity index (χ1) is 43.4. The number of hydrogen-bond donors (Lipinski definition) is 6. The number of nitrogens with zero attached hydrogens (tertiary/aromatic N) is 6. The molecule has 91 heavy (non-hydrogen) atoms. The number of rotatable bonds is 12. The maximum absolute atomic E-state index is 14.8. The van der Waals surface area contributed by atoms with Crippen molar-refractivity contribution in [1.29, 1.82) is 0 Å². The third kappa shape index (κ3) is 21.4. The number of likely N-dealkylation sites (tertiary alicyclic amines) is 1. The lowest BCUT2D eigenvalue weighted by Crippen LogP contribution is -2.76. The molecular formula is C74H126ClF3N12O. The number of nitrogens with one attached hydrogen (secondary N) is 6. The Morgan fingerprint density at radius 3 is 2.18 bits per heavy atom. The molecule has 0 radical (unpaired) electrons. The average Bonchev–Trinajstić information content (AvgIpc) is 1.10. The van der Waals surface area contributed by atoms with Crippen LogP contribution in [0.1, 0.15) is 210 Å². The highest BCUT2D eigenvalue weighted by Crippen LogP contribution is 2.41. The lowest BCUT2D eigenvalue weighted by Gasteiger charge is -2.60. The van der Waals surface area contributed by atoms with E-state index in [2.05, 4.69) is 172 Å². The summed E-state index contributed by atoms with van der Waals surface area (Å²) in [5.41, 5.74) is 3.44. The number of fused-ring (bicyclic) bond motifs is 2. The van der Waals surface area contributed by atoms with Crippen molar-refractivity contribution in [2.45, 2.75) is 271 Å². The summed E-state index contributed by atoms with van der Waals surface area (Å²) in [6.45, 7) is 35.2. The zero-order valence-electron chi connectivity index (χ0n) is 59.1. The third-order valence-corrected chi connectivity index (χ3v) is 22.1. The van der Waals surface area contributed by atoms with Crippen LogP contribution in [0.15, 0.2) is 71.2 Å². The van der Waals surface area contributed by atoms with Gasteiger partial charge in [0.2, 0.25) is 5.91 Å². The van der Waals surface area contributed by atoms with E-state index in [0.29, 0.717) is 60.9 Å². The molecule has 3 saturated heterocycles. The molecule has 0 aromatic heterocycles. The van der Waals surface area contributed by atoms with Gasteiger partial charge in [0, 0.05) is 168 Å². The van der Waals surface area contributed by atoms with Crippen LogP contribution in [0, 0.1) is 35.5 Å². The fourth-order valence-electron chi connectivity index (χ4n) is 16.7. The fraction of sp³-hybridized carbons (Fsp3) is 0.784. The van der Waals surface area contributed by atoms with Gasteiger partial charge in [-0.1, -0.05) is 124 Å². The maximum atomic E-state index is 14.8. The van der Waals surface area contributed by atoms with E-state index in [0.717, 1.165) is 121 Å². The molecule has 6 aliphatic rings. The van der Waals surface area contributed by atoms with Gasteiger partial charge >= 0.3 is 6.18 Å². The molecule has 1 spiro atoms. The number of aryl methyl sites for hydroxylation is 1. The topological polar surface area (TPSA) is 118 Å². The smallest absolute Gasteiger partial charge is 0.369 e. The summed E-state index contributed by atoms with van der Waals surface area (Å²) in [7, 11) is 4.34. The van der Waals surface area contributed by atoms with Gasteiger partial charge in [0.15, 0.2) is 0 Å². The van der Waals surface area contributed by atoms with Gasteiger partial charge in [0.25, 0.3) is 0 Å². The summed E-state index contributed by atoms with van der Waals surface area (Å²) < 4.78 is 41.1. The largest absolute Gasteiger partial charge is 0.417 e. The molecule has 6 N–H and O–H groups in total. The van der Waals surface area contributed by atoms with Crippen molar-refractivity contribution < 1.29 is 18.0 Å². The van der Waals surface area contributed by atoms with E-state index in [9.17, 15) is 18.0 Å². The first-order valence-corrected chi connectivity index (χ1v) is 36.7. The van der Waals surface area contributed by atoms with Gasteiger partial charge < -0.3 is 51.5 Å². The molecule has 0 bridgehead atoms. The number of hydrogen-bond acceptors (Lipinski definition) is 12. The van der Waals surface area contributed by atoms with E-state index in [4.69, 9.17) is 16.6 Å². The molecule has 1 aromatic carbocycles. The quantitative estimate of drug-likeness (QED) is 0.120. The van der Waals surface area contributed by atoms with Crippen LogP contribution < -0.4 is 31.9 Å². The Hall–Kier alpha value is -3.64. The van der Waals surface area contributed by atoms with Gasteiger partial charge in [-0.3, -0.25) is 14.7 Å². The molecule has 4 heterocycles. The van der Waals surface area contributed by atoms with Gasteiger partial charge in [0.05, 0.1) is 23.0 Å². The van der Waals surface area contributed by atoms with Crippen LogP contribution in [0.5, 0.6) is 0 Å². The lowest BCUT2D eigenvalue weighted by molar-refractivity contribution is -0.162. The molecule has 11 atom stereocenters. The van der Waals surface area contributed by atoms with Crippen molar-refractivity contribution in [3.63, 3.8) is 0 Å². The summed E-state index contributed by atoms with van der Waals surface area (Å²) in [5, 5.41) is 24.1. The molecule has 17 heteroatoms. The maximum Gasteiger partial charge on any atom is 0.417 e. The standard InChI is InChI=1S/C74H126ClF3N12O/c1-15-54(8)67-46-83-66(43-51(2)3)55(9)82-47-68-69(72(91)88-39-22-17-23-40-88)58(12)90(68)71(53(6)7)57(11)85-73(33-20-21-34-73)50-80-37-36-79-35-32-61(30-28-60-29-31-64(65(75)45-60)74(76,77)78)81-38-42-86(13)48-63(44-59-25-18-16-19-26-59)87(14)49-62-27-24-41-89(62)70(52(4)5)56(10)84-67/h29,31-32,35,38,42,45,48-49,51-59,66-71,80-85H,15-28,30,33-34,36-37,39-41,43-44,46-47,50H2,1-14H3/t54-,55?,56?,57?,58?,66-,67+,68?,69-,70-,71-/m0/s1. The van der Waals surface area contributed by atoms with Gasteiger partial charge in [-0.2, -0.15) is 13.2 Å². The van der Waals surface area contributed by atoms with Gasteiger partial charge in [-0.15, -0.1) is 0 Å². The highest BCUT2D eigenvalue weighted by atomic mass is 35.5. The van der Waals surface area contributed by atoms with Gasteiger partial charge in [-0.05, 0) is 152 Å². The van der Waals surface area contributed by atoms with E-state index in [1.165, 1.54) is 74.9 Å². The number of carbonyl (C=O) groups is 1. The monoisotopic (exact) mass is 1290 g/mol. The van der Waals surface area contributed by atoms with Crippen molar-refractivity contribution >= 4 is 23.7 Å². The van der Waals surface area contributed by atoms with Crippen LogP contribution in [0.25, 0.3) is 0 Å². The Balaban J connectivity index is 1.21. The van der Waals surface area contributed by atoms with Crippen LogP contribution in [0.3, 0.4) is 0 Å². The number of allylic oxidation sites excluding steroid dienone is 4. The number of alkyl halides is 3. The molecule has 2 aliphatic carbocycles. The van der Waals surface area contributed by atoms with Crippen LogP contribution in [0.4, 0.5) is 13.2 Å². The normalized spacial score (nSPS) is 29.7. The van der Waals surface area contributed by atoms with Crippen LogP contribution in [0.2, 0.25) is 5.02 Å². The van der Waals surface area contributed by atoms with Crippen LogP contribution in [-0.2, 0) is 17.4 Å². The van der Waals surface area contributed by atoms with Crippen molar-refractivity contribution in [3.05, 3.63) is 82.3 Å². The van der Waals surface area contributed by atoms with Gasteiger partial charge in [0.1, 0.15) is 0 Å². The number of piperidine rings is 1. The number of aliphatic imine (C=N–C) groups is 1. The second kappa shape index (κ2) is 35.9. The number of amides is 1. The minimum Gasteiger partial charge on any atom is -0.369 e. The predicted octanol–water partition coefficient (Wildman–Crippen LogP) is 13.9. The van der Waals surface area contributed by atoms with E-state index >= 15 is 0 Å². The van der Waals surface area contributed by atoms with Crippen molar-refractivity contribution in [3.8, 4) is 0 Å². The SMILES string of the molecule is CC[C@H](C)[C@H]1CN[C@@H](CC(C)C)C(C)NCC2[C@@H](C(=O)N3CCCCC3)C(C)N2[C@@H](C(C)C)C(C)NC2(CCCC2)CNCCN=CC=C(CCc2ccc(C(F)(F)F)c(Cl)c2)NC=CN(C)C=C(CC2CCCCC2)N(C)C=C2CCCN2[C@@H](C(C)C)C(C)N1. The highest BCUT2D eigenvalue weighted by molar-refractivity contribution is 6.31. The minimum absolute atomic E-state index is 0.0510. The van der Waals surface area contributed by atoms with E-state index in [1.807, 2.05) is 18.5 Å². The fourth-order valence-corrected chi connectivity index (χ4v) is 17.0. The zero-order valence-corrected chi connectivity index (χ0v) is 59.8.